The van der Waals surface area contributed by atoms with Crippen LogP contribution in [-0.2, 0) is 11.3 Å². The zero-order valence-corrected chi connectivity index (χ0v) is 18.5. The van der Waals surface area contributed by atoms with Crippen LogP contribution in [0.1, 0.15) is 23.7 Å². The zero-order chi connectivity index (χ0) is 22.7. The van der Waals surface area contributed by atoms with Crippen molar-refractivity contribution in [1.29, 1.82) is 0 Å². The lowest BCUT2D eigenvalue weighted by Gasteiger charge is -2.35. The third-order valence-corrected chi connectivity index (χ3v) is 5.75. The lowest BCUT2D eigenvalue weighted by Crippen LogP contribution is -2.50. The second kappa shape index (κ2) is 9.48. The number of halogens is 1. The van der Waals surface area contributed by atoms with Gasteiger partial charge in [-0.1, -0.05) is 23.7 Å². The molecule has 1 aliphatic heterocycles. The molecule has 2 amide bonds. The van der Waals surface area contributed by atoms with Crippen LogP contribution in [0.5, 0.6) is 5.75 Å². The average Bonchev–Trinajstić information content (AvgIpc) is 3.11. The predicted molar refractivity (Wildman–Crippen MR) is 120 cm³/mol. The standard InChI is InChI=1S/C23H24ClN3O5/c1-2-31-19-6-4-3-5-17(19)22(29)26-13-11-25(12-14-26)21(28)9-10-27-18-8-7-16(24)15-20(18)32-23(27)30/h3-8,15H,2,9-14H2,1H3. The van der Waals surface area contributed by atoms with Gasteiger partial charge in [0.1, 0.15) is 5.75 Å². The van der Waals surface area contributed by atoms with Gasteiger partial charge in [-0.05, 0) is 31.2 Å². The molecule has 8 nitrogen and oxygen atoms in total. The van der Waals surface area contributed by atoms with Gasteiger partial charge in [0.2, 0.25) is 5.91 Å². The Kier molecular flexibility index (Phi) is 6.50. The van der Waals surface area contributed by atoms with Gasteiger partial charge in [0.25, 0.3) is 5.91 Å². The maximum Gasteiger partial charge on any atom is 0.419 e. The first-order valence-electron chi connectivity index (χ1n) is 10.6. The van der Waals surface area contributed by atoms with Gasteiger partial charge in [-0.25, -0.2) is 4.79 Å². The fourth-order valence-electron chi connectivity index (χ4n) is 3.87. The Labute approximate surface area is 189 Å². The Balaban J connectivity index is 1.35. The first kappa shape index (κ1) is 22.0. The van der Waals surface area contributed by atoms with Gasteiger partial charge in [0, 0.05) is 50.2 Å². The second-order valence-corrected chi connectivity index (χ2v) is 7.92. The predicted octanol–water partition coefficient (Wildman–Crippen LogP) is 3.02. The summed E-state index contributed by atoms with van der Waals surface area (Å²) in [5.41, 5.74) is 1.53. The van der Waals surface area contributed by atoms with Crippen LogP contribution in [0, 0.1) is 0 Å². The molecular formula is C23H24ClN3O5. The summed E-state index contributed by atoms with van der Waals surface area (Å²) in [5, 5.41) is 0.478. The minimum Gasteiger partial charge on any atom is -0.493 e. The van der Waals surface area contributed by atoms with Gasteiger partial charge in [0.05, 0.1) is 17.7 Å². The van der Waals surface area contributed by atoms with E-state index in [1.54, 1.807) is 40.1 Å². The number of hydrogen-bond donors (Lipinski definition) is 0. The van der Waals surface area contributed by atoms with Crippen molar-refractivity contribution in [2.75, 3.05) is 32.8 Å². The van der Waals surface area contributed by atoms with Crippen molar-refractivity contribution in [2.24, 2.45) is 0 Å². The number of aryl methyl sites for hydroxylation is 1. The maximum atomic E-state index is 12.9. The Morgan fingerprint density at radius 2 is 1.78 bits per heavy atom. The summed E-state index contributed by atoms with van der Waals surface area (Å²) < 4.78 is 12.2. The molecular weight excluding hydrogens is 434 g/mol. The highest BCUT2D eigenvalue weighted by molar-refractivity contribution is 6.31. The Hall–Kier alpha value is -3.26. The topological polar surface area (TPSA) is 85.0 Å². The number of rotatable bonds is 6. The van der Waals surface area contributed by atoms with Gasteiger partial charge in [-0.2, -0.15) is 0 Å². The highest BCUT2D eigenvalue weighted by Crippen LogP contribution is 2.21. The molecule has 0 aliphatic carbocycles. The summed E-state index contributed by atoms with van der Waals surface area (Å²) in [6, 6.07) is 12.1. The molecule has 9 heteroatoms. The number of amides is 2. The largest absolute Gasteiger partial charge is 0.493 e. The zero-order valence-electron chi connectivity index (χ0n) is 17.8. The fourth-order valence-corrected chi connectivity index (χ4v) is 4.03. The van der Waals surface area contributed by atoms with E-state index in [4.69, 9.17) is 20.8 Å². The summed E-state index contributed by atoms with van der Waals surface area (Å²) in [7, 11) is 0. The van der Waals surface area contributed by atoms with Crippen LogP contribution in [0.4, 0.5) is 0 Å². The van der Waals surface area contributed by atoms with Crippen LogP contribution < -0.4 is 10.5 Å². The van der Waals surface area contributed by atoms with Gasteiger partial charge in [0.15, 0.2) is 5.58 Å². The molecule has 0 spiro atoms. The summed E-state index contributed by atoms with van der Waals surface area (Å²) in [4.78, 5) is 41.2. The van der Waals surface area contributed by atoms with Crippen molar-refractivity contribution in [1.82, 2.24) is 14.4 Å². The molecule has 168 valence electrons. The Morgan fingerprint density at radius 3 is 2.53 bits per heavy atom. The summed E-state index contributed by atoms with van der Waals surface area (Å²) in [6.07, 6.45) is 0.165. The number of nitrogens with zero attached hydrogens (tertiary/aromatic N) is 3. The minimum atomic E-state index is -0.515. The van der Waals surface area contributed by atoms with Crippen LogP contribution in [0.15, 0.2) is 51.7 Å². The molecule has 32 heavy (non-hydrogen) atoms. The van der Waals surface area contributed by atoms with E-state index in [1.165, 1.54) is 4.57 Å². The van der Waals surface area contributed by atoms with E-state index < -0.39 is 5.76 Å². The quantitative estimate of drug-likeness (QED) is 0.568. The van der Waals surface area contributed by atoms with Gasteiger partial charge >= 0.3 is 5.76 Å². The summed E-state index contributed by atoms with van der Waals surface area (Å²) in [5.74, 6) is -0.116. The highest BCUT2D eigenvalue weighted by atomic mass is 35.5. The molecule has 0 N–H and O–H groups in total. The van der Waals surface area contributed by atoms with Crippen molar-refractivity contribution < 1.29 is 18.7 Å². The normalized spacial score (nSPS) is 14.1. The van der Waals surface area contributed by atoms with Crippen molar-refractivity contribution in [2.45, 2.75) is 19.9 Å². The number of hydrogen-bond acceptors (Lipinski definition) is 5. The van der Waals surface area contributed by atoms with E-state index in [9.17, 15) is 14.4 Å². The monoisotopic (exact) mass is 457 g/mol. The van der Waals surface area contributed by atoms with E-state index in [0.29, 0.717) is 60.2 Å². The first-order valence-corrected chi connectivity index (χ1v) is 10.9. The molecule has 0 bridgehead atoms. The minimum absolute atomic E-state index is 0.0676. The van der Waals surface area contributed by atoms with E-state index in [2.05, 4.69) is 0 Å². The summed E-state index contributed by atoms with van der Waals surface area (Å²) >= 11 is 5.94. The molecule has 1 aromatic heterocycles. The van der Waals surface area contributed by atoms with E-state index in [1.807, 2.05) is 19.1 Å². The van der Waals surface area contributed by atoms with E-state index in [0.717, 1.165) is 0 Å². The molecule has 0 atom stereocenters. The van der Waals surface area contributed by atoms with Crippen LogP contribution in [0.2, 0.25) is 5.02 Å². The molecule has 0 radical (unpaired) electrons. The van der Waals surface area contributed by atoms with Crippen molar-refractivity contribution in [3.63, 3.8) is 0 Å². The molecule has 0 saturated carbocycles. The number of fused-ring (bicyclic) bond motifs is 1. The molecule has 1 aliphatic rings. The molecule has 4 rings (SSSR count). The molecule has 3 aromatic rings. The number of aromatic nitrogens is 1. The van der Waals surface area contributed by atoms with Crippen molar-refractivity contribution in [3.8, 4) is 5.75 Å². The average molecular weight is 458 g/mol. The number of para-hydroxylation sites is 1. The summed E-state index contributed by atoms with van der Waals surface area (Å²) in [6.45, 7) is 4.34. The number of piperazine rings is 1. The third kappa shape index (κ3) is 4.50. The number of ether oxygens (including phenoxy) is 1. The van der Waals surface area contributed by atoms with Crippen molar-refractivity contribution in [3.05, 3.63) is 63.6 Å². The van der Waals surface area contributed by atoms with Crippen LogP contribution in [-0.4, -0.2) is 59.0 Å². The smallest absolute Gasteiger partial charge is 0.419 e. The molecule has 1 saturated heterocycles. The first-order chi connectivity index (χ1) is 15.5. The van der Waals surface area contributed by atoms with Crippen LogP contribution in [0.25, 0.3) is 11.1 Å². The Bertz CT molecular complexity index is 1190. The van der Waals surface area contributed by atoms with E-state index in [-0.39, 0.29) is 24.8 Å². The van der Waals surface area contributed by atoms with Gasteiger partial charge in [-0.3, -0.25) is 14.2 Å². The lowest BCUT2D eigenvalue weighted by atomic mass is 10.1. The number of oxazole rings is 1. The number of carbonyl (C=O) groups excluding carboxylic acids is 2. The number of carbonyl (C=O) groups is 2. The Morgan fingerprint density at radius 1 is 1.06 bits per heavy atom. The van der Waals surface area contributed by atoms with Crippen LogP contribution in [0.3, 0.4) is 0 Å². The van der Waals surface area contributed by atoms with Crippen molar-refractivity contribution >= 4 is 34.5 Å². The maximum absolute atomic E-state index is 12.9. The molecule has 2 heterocycles. The van der Waals surface area contributed by atoms with Gasteiger partial charge < -0.3 is 19.0 Å². The lowest BCUT2D eigenvalue weighted by molar-refractivity contribution is -0.132. The second-order valence-electron chi connectivity index (χ2n) is 7.48. The highest BCUT2D eigenvalue weighted by Gasteiger charge is 2.26. The van der Waals surface area contributed by atoms with E-state index >= 15 is 0 Å². The molecule has 2 aromatic carbocycles. The van der Waals surface area contributed by atoms with Crippen LogP contribution >= 0.6 is 11.6 Å². The molecule has 0 unspecified atom stereocenters. The fraction of sp³-hybridized carbons (Fsp3) is 0.348. The third-order valence-electron chi connectivity index (χ3n) is 5.52. The number of benzene rings is 2. The SMILES string of the molecule is CCOc1ccccc1C(=O)N1CCN(C(=O)CCn2c(=O)oc3cc(Cl)ccc32)CC1. The molecule has 1 fully saturated rings. The van der Waals surface area contributed by atoms with Gasteiger partial charge in [-0.15, -0.1) is 0 Å².